The summed E-state index contributed by atoms with van der Waals surface area (Å²) in [5.41, 5.74) is 0.932. The Morgan fingerprint density at radius 2 is 2.00 bits per heavy atom. The maximum Gasteiger partial charge on any atom is 0.223 e. The van der Waals surface area contributed by atoms with Gasteiger partial charge in [-0.25, -0.2) is 8.42 Å². The van der Waals surface area contributed by atoms with E-state index in [0.29, 0.717) is 5.92 Å². The summed E-state index contributed by atoms with van der Waals surface area (Å²) in [5, 5.41) is 0. The number of hydrogen-bond donors (Lipinski definition) is 0. The number of rotatable bonds is 6. The Hall–Kier alpha value is -1.40. The normalized spacial score (nSPS) is 20.2. The van der Waals surface area contributed by atoms with Crippen LogP contribution in [0.4, 0.5) is 0 Å². The highest BCUT2D eigenvalue weighted by Gasteiger charge is 2.27. The van der Waals surface area contributed by atoms with E-state index < -0.39 is 10.0 Å². The zero-order valence-electron chi connectivity index (χ0n) is 14.8. The van der Waals surface area contributed by atoms with Crippen LogP contribution in [0.15, 0.2) is 30.3 Å². The molecule has 0 aromatic heterocycles. The van der Waals surface area contributed by atoms with Crippen molar-refractivity contribution in [1.29, 1.82) is 0 Å². The second-order valence-corrected chi connectivity index (χ2v) is 8.73. The summed E-state index contributed by atoms with van der Waals surface area (Å²) in [7, 11) is -3.39. The molecule has 1 saturated heterocycles. The SMILES string of the molecule is CC1CCCN(C(=O)CCN(C(C)c2ccccc2)S(C)(=O)=O)C1. The molecule has 0 bridgehead atoms. The van der Waals surface area contributed by atoms with Gasteiger partial charge in [-0.3, -0.25) is 4.79 Å². The predicted octanol–water partition coefficient (Wildman–Crippen LogP) is 2.66. The fourth-order valence-corrected chi connectivity index (χ4v) is 4.44. The minimum Gasteiger partial charge on any atom is -0.342 e. The van der Waals surface area contributed by atoms with Crippen molar-refractivity contribution in [3.8, 4) is 0 Å². The van der Waals surface area contributed by atoms with Gasteiger partial charge in [-0.05, 0) is 31.2 Å². The number of carbonyl (C=O) groups excluding carboxylic acids is 1. The van der Waals surface area contributed by atoms with Crippen LogP contribution in [-0.4, -0.2) is 49.4 Å². The highest BCUT2D eigenvalue weighted by Crippen LogP contribution is 2.23. The van der Waals surface area contributed by atoms with Gasteiger partial charge in [0, 0.05) is 32.1 Å². The lowest BCUT2D eigenvalue weighted by Gasteiger charge is -2.32. The molecule has 1 aliphatic rings. The van der Waals surface area contributed by atoms with E-state index in [0.717, 1.165) is 31.5 Å². The fourth-order valence-electron chi connectivity index (χ4n) is 3.32. The molecule has 0 spiro atoms. The van der Waals surface area contributed by atoms with E-state index in [1.165, 1.54) is 10.6 Å². The van der Waals surface area contributed by atoms with E-state index in [1.807, 2.05) is 42.2 Å². The summed E-state index contributed by atoms with van der Waals surface area (Å²) in [5.74, 6) is 0.576. The van der Waals surface area contributed by atoms with Crippen molar-refractivity contribution in [2.75, 3.05) is 25.9 Å². The Bertz CT molecular complexity index is 645. The molecule has 0 aliphatic carbocycles. The fraction of sp³-hybridized carbons (Fsp3) is 0.611. The summed E-state index contributed by atoms with van der Waals surface area (Å²) in [6.07, 6.45) is 3.63. The molecule has 1 aliphatic heterocycles. The molecule has 6 heteroatoms. The molecule has 0 radical (unpaired) electrons. The highest BCUT2D eigenvalue weighted by atomic mass is 32.2. The first kappa shape index (κ1) is 18.9. The van der Waals surface area contributed by atoms with E-state index in [9.17, 15) is 13.2 Å². The predicted molar refractivity (Wildman–Crippen MR) is 96.0 cm³/mol. The molecule has 1 fully saturated rings. The zero-order chi connectivity index (χ0) is 17.7. The minimum atomic E-state index is -3.39. The van der Waals surface area contributed by atoms with E-state index in [2.05, 4.69) is 6.92 Å². The maximum atomic E-state index is 12.4. The Labute approximate surface area is 145 Å². The van der Waals surface area contributed by atoms with Gasteiger partial charge in [-0.15, -0.1) is 0 Å². The Morgan fingerprint density at radius 1 is 1.33 bits per heavy atom. The largest absolute Gasteiger partial charge is 0.342 e. The van der Waals surface area contributed by atoms with Crippen LogP contribution in [0.1, 0.15) is 44.7 Å². The van der Waals surface area contributed by atoms with Crippen molar-refractivity contribution in [1.82, 2.24) is 9.21 Å². The number of sulfonamides is 1. The lowest BCUT2D eigenvalue weighted by molar-refractivity contribution is -0.133. The van der Waals surface area contributed by atoms with Gasteiger partial charge < -0.3 is 4.90 Å². The Balaban J connectivity index is 2.03. The number of carbonyl (C=O) groups is 1. The molecule has 5 nitrogen and oxygen atoms in total. The lowest BCUT2D eigenvalue weighted by Crippen LogP contribution is -2.41. The standard InChI is InChI=1S/C18H28N2O3S/c1-15-8-7-12-19(14-15)18(21)11-13-20(24(3,22)23)16(2)17-9-5-4-6-10-17/h4-6,9-10,15-16H,7-8,11-14H2,1-3H3. The lowest BCUT2D eigenvalue weighted by atomic mass is 10.00. The van der Waals surface area contributed by atoms with Crippen LogP contribution in [0.25, 0.3) is 0 Å². The molecule has 2 unspecified atom stereocenters. The molecule has 24 heavy (non-hydrogen) atoms. The van der Waals surface area contributed by atoms with Gasteiger partial charge in [0.1, 0.15) is 0 Å². The quantitative estimate of drug-likeness (QED) is 0.791. The minimum absolute atomic E-state index is 0.0514. The van der Waals surface area contributed by atoms with Crippen molar-refractivity contribution in [3.63, 3.8) is 0 Å². The third-order valence-electron chi connectivity index (χ3n) is 4.70. The first-order valence-corrected chi connectivity index (χ1v) is 10.4. The summed E-state index contributed by atoms with van der Waals surface area (Å²) in [6, 6.07) is 9.24. The molecule has 2 atom stereocenters. The molecule has 1 heterocycles. The maximum absolute atomic E-state index is 12.4. The van der Waals surface area contributed by atoms with Crippen LogP contribution in [0.2, 0.25) is 0 Å². The van der Waals surface area contributed by atoms with E-state index in [4.69, 9.17) is 0 Å². The van der Waals surface area contributed by atoms with Crippen molar-refractivity contribution < 1.29 is 13.2 Å². The molecule has 134 valence electrons. The van der Waals surface area contributed by atoms with Crippen LogP contribution < -0.4 is 0 Å². The highest BCUT2D eigenvalue weighted by molar-refractivity contribution is 7.88. The first-order chi connectivity index (χ1) is 11.3. The number of benzene rings is 1. The third-order valence-corrected chi connectivity index (χ3v) is 6.05. The second kappa shape index (κ2) is 8.12. The number of amides is 1. The Morgan fingerprint density at radius 3 is 2.58 bits per heavy atom. The summed E-state index contributed by atoms with van der Waals surface area (Å²) in [6.45, 7) is 5.81. The average molecular weight is 353 g/mol. The van der Waals surface area contributed by atoms with Gasteiger partial charge in [0.2, 0.25) is 15.9 Å². The summed E-state index contributed by atoms with van der Waals surface area (Å²) < 4.78 is 25.8. The molecular formula is C18H28N2O3S. The average Bonchev–Trinajstić information content (AvgIpc) is 2.54. The topological polar surface area (TPSA) is 57.7 Å². The van der Waals surface area contributed by atoms with Gasteiger partial charge in [0.25, 0.3) is 0 Å². The molecule has 0 N–H and O–H groups in total. The van der Waals surface area contributed by atoms with Gasteiger partial charge in [0.15, 0.2) is 0 Å². The smallest absolute Gasteiger partial charge is 0.223 e. The Kier molecular flexibility index (Phi) is 6.40. The molecular weight excluding hydrogens is 324 g/mol. The van der Waals surface area contributed by atoms with Gasteiger partial charge in [-0.2, -0.15) is 4.31 Å². The van der Waals surface area contributed by atoms with Crippen molar-refractivity contribution in [2.45, 2.75) is 39.2 Å². The number of nitrogens with zero attached hydrogens (tertiary/aromatic N) is 2. The van der Waals surface area contributed by atoms with Crippen LogP contribution in [0.3, 0.4) is 0 Å². The third kappa shape index (κ3) is 5.05. The van der Waals surface area contributed by atoms with E-state index >= 15 is 0 Å². The number of piperidine rings is 1. The first-order valence-electron chi connectivity index (χ1n) is 8.58. The molecule has 1 aromatic carbocycles. The molecule has 1 amide bonds. The molecule has 0 saturated carbocycles. The van der Waals surface area contributed by atoms with Crippen LogP contribution in [0.5, 0.6) is 0 Å². The zero-order valence-corrected chi connectivity index (χ0v) is 15.6. The van der Waals surface area contributed by atoms with Gasteiger partial charge in [0.05, 0.1) is 6.26 Å². The monoisotopic (exact) mass is 352 g/mol. The van der Waals surface area contributed by atoms with Gasteiger partial charge >= 0.3 is 0 Å². The number of likely N-dealkylation sites (tertiary alicyclic amines) is 1. The molecule has 1 aromatic rings. The number of hydrogen-bond acceptors (Lipinski definition) is 3. The van der Waals surface area contributed by atoms with E-state index in [1.54, 1.807) is 0 Å². The van der Waals surface area contributed by atoms with Crippen molar-refractivity contribution in [2.24, 2.45) is 5.92 Å². The van der Waals surface area contributed by atoms with Gasteiger partial charge in [-0.1, -0.05) is 37.3 Å². The summed E-state index contributed by atoms with van der Waals surface area (Å²) in [4.78, 5) is 14.3. The summed E-state index contributed by atoms with van der Waals surface area (Å²) >= 11 is 0. The van der Waals surface area contributed by atoms with Crippen LogP contribution in [0, 0.1) is 5.92 Å². The van der Waals surface area contributed by atoms with E-state index in [-0.39, 0.29) is 24.9 Å². The second-order valence-electron chi connectivity index (χ2n) is 6.80. The van der Waals surface area contributed by atoms with Crippen molar-refractivity contribution >= 4 is 15.9 Å². The van der Waals surface area contributed by atoms with Crippen LogP contribution in [-0.2, 0) is 14.8 Å². The molecule has 2 rings (SSSR count). The van der Waals surface area contributed by atoms with Crippen LogP contribution >= 0.6 is 0 Å². The van der Waals surface area contributed by atoms with Crippen molar-refractivity contribution in [3.05, 3.63) is 35.9 Å².